The second-order valence-electron chi connectivity index (χ2n) is 5.34. The summed E-state index contributed by atoms with van der Waals surface area (Å²) in [6.45, 7) is 3.76. The number of hydrogen-bond donors (Lipinski definition) is 2. The van der Waals surface area contributed by atoms with Crippen LogP contribution in [-0.4, -0.2) is 26.2 Å². The first-order valence-corrected chi connectivity index (χ1v) is 8.07. The highest BCUT2D eigenvalue weighted by molar-refractivity contribution is 14.0. The smallest absolute Gasteiger partial charge is 0.191 e. The van der Waals surface area contributed by atoms with Crippen LogP contribution in [0.5, 0.6) is 0 Å². The SMILES string of the molecule is CCNC(=NCc1cccc(F)c1)NCC(OC)c1ccccc1.I. The van der Waals surface area contributed by atoms with Gasteiger partial charge < -0.3 is 15.4 Å². The fourth-order valence-corrected chi connectivity index (χ4v) is 2.34. The van der Waals surface area contributed by atoms with Gasteiger partial charge in [-0.1, -0.05) is 42.5 Å². The van der Waals surface area contributed by atoms with E-state index in [1.807, 2.05) is 43.3 Å². The molecule has 0 bridgehead atoms. The highest BCUT2D eigenvalue weighted by Gasteiger charge is 2.10. The largest absolute Gasteiger partial charge is 0.375 e. The maximum atomic E-state index is 13.2. The number of nitrogens with one attached hydrogen (secondary N) is 2. The summed E-state index contributed by atoms with van der Waals surface area (Å²) < 4.78 is 18.8. The molecule has 0 aliphatic carbocycles. The van der Waals surface area contributed by atoms with Crippen molar-refractivity contribution in [1.82, 2.24) is 10.6 Å². The molecule has 6 heteroatoms. The van der Waals surface area contributed by atoms with E-state index >= 15 is 0 Å². The maximum absolute atomic E-state index is 13.2. The number of hydrogen-bond acceptors (Lipinski definition) is 2. The van der Waals surface area contributed by atoms with Crippen molar-refractivity contribution in [2.45, 2.75) is 19.6 Å². The molecule has 4 nitrogen and oxygen atoms in total. The Morgan fingerprint density at radius 3 is 2.52 bits per heavy atom. The first-order chi connectivity index (χ1) is 11.7. The molecule has 0 saturated heterocycles. The van der Waals surface area contributed by atoms with Crippen molar-refractivity contribution in [3.8, 4) is 0 Å². The molecule has 1 unspecified atom stereocenters. The third kappa shape index (κ3) is 7.39. The van der Waals surface area contributed by atoms with E-state index in [2.05, 4.69) is 15.6 Å². The van der Waals surface area contributed by atoms with Gasteiger partial charge in [0.05, 0.1) is 12.6 Å². The van der Waals surface area contributed by atoms with Crippen molar-refractivity contribution in [2.24, 2.45) is 4.99 Å². The van der Waals surface area contributed by atoms with Crippen molar-refractivity contribution in [3.05, 3.63) is 71.5 Å². The summed E-state index contributed by atoms with van der Waals surface area (Å²) >= 11 is 0. The molecule has 0 fully saturated rings. The molecule has 0 saturated carbocycles. The molecule has 2 rings (SSSR count). The van der Waals surface area contributed by atoms with Crippen LogP contribution in [0, 0.1) is 5.82 Å². The van der Waals surface area contributed by atoms with Crippen molar-refractivity contribution in [3.63, 3.8) is 0 Å². The van der Waals surface area contributed by atoms with Crippen molar-refractivity contribution in [1.29, 1.82) is 0 Å². The quantitative estimate of drug-likeness (QED) is 0.377. The second-order valence-corrected chi connectivity index (χ2v) is 5.34. The molecule has 0 spiro atoms. The van der Waals surface area contributed by atoms with Crippen LogP contribution < -0.4 is 10.6 Å². The zero-order valence-electron chi connectivity index (χ0n) is 14.5. The van der Waals surface area contributed by atoms with Gasteiger partial charge in [-0.2, -0.15) is 0 Å². The summed E-state index contributed by atoms with van der Waals surface area (Å²) in [5.74, 6) is 0.434. The van der Waals surface area contributed by atoms with Gasteiger partial charge in [0.1, 0.15) is 5.82 Å². The molecule has 0 heterocycles. The molecule has 2 aromatic rings. The number of aliphatic imine (C=N–C) groups is 1. The third-order valence-corrected chi connectivity index (χ3v) is 3.56. The van der Waals surface area contributed by atoms with E-state index in [0.717, 1.165) is 17.7 Å². The summed E-state index contributed by atoms with van der Waals surface area (Å²) in [6.07, 6.45) is -0.0655. The summed E-state index contributed by atoms with van der Waals surface area (Å²) in [5, 5.41) is 6.46. The molecule has 1 atom stereocenters. The molecule has 2 N–H and O–H groups in total. The molecule has 25 heavy (non-hydrogen) atoms. The molecule has 0 aliphatic heterocycles. The van der Waals surface area contributed by atoms with Crippen molar-refractivity contribution in [2.75, 3.05) is 20.2 Å². The molecular formula is C19H25FIN3O. The van der Waals surface area contributed by atoms with Crippen LogP contribution in [0.1, 0.15) is 24.2 Å². The number of ether oxygens (including phenoxy) is 1. The monoisotopic (exact) mass is 457 g/mol. The van der Waals surface area contributed by atoms with Crippen LogP contribution in [0.15, 0.2) is 59.6 Å². The van der Waals surface area contributed by atoms with Gasteiger partial charge in [0.2, 0.25) is 0 Å². The predicted molar refractivity (Wildman–Crippen MR) is 111 cm³/mol. The zero-order chi connectivity index (χ0) is 17.2. The zero-order valence-corrected chi connectivity index (χ0v) is 16.9. The van der Waals surface area contributed by atoms with Crippen LogP contribution in [0.25, 0.3) is 0 Å². The van der Waals surface area contributed by atoms with E-state index in [9.17, 15) is 4.39 Å². The van der Waals surface area contributed by atoms with Crippen molar-refractivity contribution < 1.29 is 9.13 Å². The minimum Gasteiger partial charge on any atom is -0.375 e. The Bertz CT molecular complexity index is 652. The number of methoxy groups -OCH3 is 1. The fraction of sp³-hybridized carbons (Fsp3) is 0.316. The van der Waals surface area contributed by atoms with Crippen LogP contribution >= 0.6 is 24.0 Å². The van der Waals surface area contributed by atoms with E-state index in [1.54, 1.807) is 13.2 Å². The van der Waals surface area contributed by atoms with Gasteiger partial charge in [0, 0.05) is 20.2 Å². The Morgan fingerprint density at radius 2 is 1.88 bits per heavy atom. The van der Waals surface area contributed by atoms with E-state index in [1.165, 1.54) is 12.1 Å². The van der Waals surface area contributed by atoms with Crippen LogP contribution in [0.2, 0.25) is 0 Å². The normalized spacial score (nSPS) is 12.2. The summed E-state index contributed by atoms with van der Waals surface area (Å²) in [7, 11) is 1.69. The molecule has 136 valence electrons. The Morgan fingerprint density at radius 1 is 1.12 bits per heavy atom. The molecule has 0 amide bonds. The van der Waals surface area contributed by atoms with Gasteiger partial charge in [0.15, 0.2) is 5.96 Å². The highest BCUT2D eigenvalue weighted by atomic mass is 127. The fourth-order valence-electron chi connectivity index (χ4n) is 2.34. The second kappa shape index (κ2) is 11.8. The number of nitrogens with zero attached hydrogens (tertiary/aromatic N) is 1. The van der Waals surface area contributed by atoms with Crippen LogP contribution in [0.3, 0.4) is 0 Å². The van der Waals surface area contributed by atoms with E-state index < -0.39 is 0 Å². The molecular weight excluding hydrogens is 432 g/mol. The first kappa shape index (κ1) is 21.4. The summed E-state index contributed by atoms with van der Waals surface area (Å²) in [4.78, 5) is 4.50. The van der Waals surface area contributed by atoms with E-state index in [4.69, 9.17) is 4.74 Å². The topological polar surface area (TPSA) is 45.7 Å². The molecule has 0 aliphatic rings. The Balaban J connectivity index is 0.00000312. The Kier molecular flexibility index (Phi) is 10.1. The average Bonchev–Trinajstić information content (AvgIpc) is 2.61. The van der Waals surface area contributed by atoms with Crippen LogP contribution in [-0.2, 0) is 11.3 Å². The maximum Gasteiger partial charge on any atom is 0.191 e. The standard InChI is InChI=1S/C19H24FN3O.HI/c1-3-21-19(22-13-15-8-7-11-17(20)12-15)23-14-18(24-2)16-9-5-4-6-10-16;/h4-12,18H,3,13-14H2,1-2H3,(H2,21,22,23);1H. The van der Waals surface area contributed by atoms with E-state index in [-0.39, 0.29) is 35.9 Å². The third-order valence-electron chi connectivity index (χ3n) is 3.56. The lowest BCUT2D eigenvalue weighted by atomic mass is 10.1. The number of halogens is 2. The highest BCUT2D eigenvalue weighted by Crippen LogP contribution is 2.14. The van der Waals surface area contributed by atoms with Gasteiger partial charge >= 0.3 is 0 Å². The van der Waals surface area contributed by atoms with Gasteiger partial charge in [-0.3, -0.25) is 0 Å². The van der Waals surface area contributed by atoms with Crippen LogP contribution in [0.4, 0.5) is 4.39 Å². The minimum absolute atomic E-state index is 0. The number of benzene rings is 2. The lowest BCUT2D eigenvalue weighted by Crippen LogP contribution is -2.39. The minimum atomic E-state index is -0.246. The first-order valence-electron chi connectivity index (χ1n) is 8.07. The summed E-state index contributed by atoms with van der Waals surface area (Å²) in [6, 6.07) is 16.5. The lowest BCUT2D eigenvalue weighted by molar-refractivity contribution is 0.106. The van der Waals surface area contributed by atoms with Gasteiger partial charge in [0.25, 0.3) is 0 Å². The van der Waals surface area contributed by atoms with Gasteiger partial charge in [-0.25, -0.2) is 9.38 Å². The Labute approximate surface area is 165 Å². The molecule has 0 aromatic heterocycles. The van der Waals surface area contributed by atoms with E-state index in [0.29, 0.717) is 19.0 Å². The number of rotatable bonds is 7. The van der Waals surface area contributed by atoms with Crippen molar-refractivity contribution >= 4 is 29.9 Å². The lowest BCUT2D eigenvalue weighted by Gasteiger charge is -2.18. The van der Waals surface area contributed by atoms with Gasteiger partial charge in [-0.05, 0) is 30.2 Å². The molecule has 2 aromatic carbocycles. The predicted octanol–water partition coefficient (Wildman–Crippen LogP) is 3.89. The summed E-state index contributed by atoms with van der Waals surface area (Å²) in [5.41, 5.74) is 1.94. The average molecular weight is 457 g/mol. The molecule has 0 radical (unpaired) electrons. The van der Waals surface area contributed by atoms with Gasteiger partial charge in [-0.15, -0.1) is 24.0 Å². The Hall–Kier alpha value is -1.67. The number of guanidine groups is 1.